The van der Waals surface area contributed by atoms with Gasteiger partial charge in [0.15, 0.2) is 0 Å². The van der Waals surface area contributed by atoms with Gasteiger partial charge in [-0.25, -0.2) is 4.39 Å². The second-order valence-corrected chi connectivity index (χ2v) is 5.12. The van der Waals surface area contributed by atoms with Gasteiger partial charge in [0.1, 0.15) is 5.82 Å². The standard InChI is InChI=1S/C17H21FN2O/c1-13(19)16-11-15(18)7-8-17(16)20(9-10-21)12-14-5-3-2-4-6-14/h2-8,11,13,21H,9-10,12,19H2,1H3. The van der Waals surface area contributed by atoms with Gasteiger partial charge in [-0.1, -0.05) is 30.3 Å². The minimum Gasteiger partial charge on any atom is -0.395 e. The zero-order valence-corrected chi connectivity index (χ0v) is 12.2. The van der Waals surface area contributed by atoms with Crippen molar-refractivity contribution in [1.29, 1.82) is 0 Å². The molecule has 1 atom stereocenters. The third kappa shape index (κ3) is 4.03. The van der Waals surface area contributed by atoms with Crippen LogP contribution in [0.15, 0.2) is 48.5 Å². The molecule has 0 amide bonds. The highest BCUT2D eigenvalue weighted by molar-refractivity contribution is 5.55. The van der Waals surface area contributed by atoms with Gasteiger partial charge in [-0.3, -0.25) is 0 Å². The molecule has 0 heterocycles. The van der Waals surface area contributed by atoms with E-state index in [-0.39, 0.29) is 18.5 Å². The number of nitrogens with two attached hydrogens (primary N) is 1. The van der Waals surface area contributed by atoms with Crippen molar-refractivity contribution < 1.29 is 9.50 Å². The summed E-state index contributed by atoms with van der Waals surface area (Å²) < 4.78 is 13.5. The Labute approximate surface area is 124 Å². The first-order valence-corrected chi connectivity index (χ1v) is 7.06. The normalized spacial score (nSPS) is 12.2. The summed E-state index contributed by atoms with van der Waals surface area (Å²) in [7, 11) is 0. The number of halogens is 1. The van der Waals surface area contributed by atoms with Crippen molar-refractivity contribution in [1.82, 2.24) is 0 Å². The van der Waals surface area contributed by atoms with Crippen LogP contribution in [0.4, 0.5) is 10.1 Å². The Balaban J connectivity index is 2.34. The first kappa shape index (κ1) is 15.5. The Morgan fingerprint density at radius 3 is 2.52 bits per heavy atom. The lowest BCUT2D eigenvalue weighted by Gasteiger charge is -2.27. The second-order valence-electron chi connectivity index (χ2n) is 5.12. The highest BCUT2D eigenvalue weighted by atomic mass is 19.1. The van der Waals surface area contributed by atoms with E-state index in [0.29, 0.717) is 13.1 Å². The molecule has 1 unspecified atom stereocenters. The fourth-order valence-electron chi connectivity index (χ4n) is 2.39. The van der Waals surface area contributed by atoms with Crippen LogP contribution in [0.25, 0.3) is 0 Å². The summed E-state index contributed by atoms with van der Waals surface area (Å²) in [4.78, 5) is 2.02. The van der Waals surface area contributed by atoms with E-state index in [1.165, 1.54) is 12.1 Å². The molecule has 0 aliphatic heterocycles. The zero-order valence-electron chi connectivity index (χ0n) is 12.2. The summed E-state index contributed by atoms with van der Waals surface area (Å²) in [5.41, 5.74) is 8.70. The minimum atomic E-state index is -0.297. The largest absolute Gasteiger partial charge is 0.395 e. The molecular weight excluding hydrogens is 267 g/mol. The molecular formula is C17H21FN2O. The average Bonchev–Trinajstić information content (AvgIpc) is 2.48. The van der Waals surface area contributed by atoms with E-state index in [1.54, 1.807) is 6.07 Å². The maximum Gasteiger partial charge on any atom is 0.123 e. The van der Waals surface area contributed by atoms with Crippen LogP contribution < -0.4 is 10.6 Å². The maximum absolute atomic E-state index is 13.5. The van der Waals surface area contributed by atoms with Crippen LogP contribution in [0.1, 0.15) is 24.1 Å². The van der Waals surface area contributed by atoms with Crippen molar-refractivity contribution in [2.75, 3.05) is 18.1 Å². The molecule has 0 saturated carbocycles. The summed E-state index contributed by atoms with van der Waals surface area (Å²) in [6.45, 7) is 2.98. The number of rotatable bonds is 6. The lowest BCUT2D eigenvalue weighted by Crippen LogP contribution is -2.28. The molecule has 0 radical (unpaired) electrons. The summed E-state index contributed by atoms with van der Waals surface area (Å²) >= 11 is 0. The first-order chi connectivity index (χ1) is 10.1. The molecule has 2 aromatic carbocycles. The van der Waals surface area contributed by atoms with Gasteiger partial charge in [-0.15, -0.1) is 0 Å². The Morgan fingerprint density at radius 1 is 1.19 bits per heavy atom. The number of anilines is 1. The molecule has 3 N–H and O–H groups in total. The fraction of sp³-hybridized carbons (Fsp3) is 0.294. The van der Waals surface area contributed by atoms with Crippen molar-refractivity contribution in [3.63, 3.8) is 0 Å². The van der Waals surface area contributed by atoms with E-state index in [9.17, 15) is 9.50 Å². The predicted molar refractivity (Wildman–Crippen MR) is 83.6 cm³/mol. The van der Waals surface area contributed by atoms with Gasteiger partial charge in [0.2, 0.25) is 0 Å². The first-order valence-electron chi connectivity index (χ1n) is 7.06. The molecule has 3 nitrogen and oxygen atoms in total. The van der Waals surface area contributed by atoms with E-state index in [4.69, 9.17) is 5.73 Å². The molecule has 0 bridgehead atoms. The van der Waals surface area contributed by atoms with Gasteiger partial charge < -0.3 is 15.7 Å². The zero-order chi connectivity index (χ0) is 15.2. The van der Waals surface area contributed by atoms with Crippen LogP contribution in [0.3, 0.4) is 0 Å². The smallest absolute Gasteiger partial charge is 0.123 e. The van der Waals surface area contributed by atoms with Crippen molar-refractivity contribution in [2.24, 2.45) is 5.73 Å². The Hall–Kier alpha value is -1.91. The fourth-order valence-corrected chi connectivity index (χ4v) is 2.39. The molecule has 2 aromatic rings. The number of hydrogen-bond acceptors (Lipinski definition) is 3. The topological polar surface area (TPSA) is 49.5 Å². The molecule has 0 aromatic heterocycles. The van der Waals surface area contributed by atoms with Gasteiger partial charge >= 0.3 is 0 Å². The highest BCUT2D eigenvalue weighted by Gasteiger charge is 2.15. The lowest BCUT2D eigenvalue weighted by molar-refractivity contribution is 0.301. The monoisotopic (exact) mass is 288 g/mol. The number of aliphatic hydroxyl groups excluding tert-OH is 1. The molecule has 0 saturated heterocycles. The molecule has 21 heavy (non-hydrogen) atoms. The van der Waals surface area contributed by atoms with Gasteiger partial charge in [0.05, 0.1) is 6.61 Å². The number of benzene rings is 2. The van der Waals surface area contributed by atoms with E-state index < -0.39 is 0 Å². The van der Waals surface area contributed by atoms with E-state index >= 15 is 0 Å². The molecule has 0 aliphatic rings. The molecule has 2 rings (SSSR count). The van der Waals surface area contributed by atoms with Crippen molar-refractivity contribution in [2.45, 2.75) is 19.5 Å². The predicted octanol–water partition coefficient (Wildman–Crippen LogP) is 2.84. The van der Waals surface area contributed by atoms with Crippen LogP contribution in [0, 0.1) is 5.82 Å². The van der Waals surface area contributed by atoms with E-state index in [0.717, 1.165) is 16.8 Å². The summed E-state index contributed by atoms with van der Waals surface area (Å²) in [6, 6.07) is 14.3. The van der Waals surface area contributed by atoms with Gasteiger partial charge in [-0.2, -0.15) is 0 Å². The third-order valence-electron chi connectivity index (χ3n) is 3.41. The third-order valence-corrected chi connectivity index (χ3v) is 3.41. The van der Waals surface area contributed by atoms with Gasteiger partial charge in [0.25, 0.3) is 0 Å². The van der Waals surface area contributed by atoms with Gasteiger partial charge in [-0.05, 0) is 36.2 Å². The minimum absolute atomic E-state index is 0.0304. The molecule has 0 fully saturated rings. The van der Waals surface area contributed by atoms with Gasteiger partial charge in [0, 0.05) is 24.8 Å². The van der Waals surface area contributed by atoms with Crippen molar-refractivity contribution in [3.8, 4) is 0 Å². The Kier molecular flexibility index (Phi) is 5.31. The average molecular weight is 288 g/mol. The Morgan fingerprint density at radius 2 is 1.90 bits per heavy atom. The van der Waals surface area contributed by atoms with Crippen LogP contribution in [0.2, 0.25) is 0 Å². The van der Waals surface area contributed by atoms with E-state index in [1.807, 2.05) is 42.2 Å². The number of nitrogens with zero attached hydrogens (tertiary/aromatic N) is 1. The number of hydrogen-bond donors (Lipinski definition) is 2. The molecule has 0 spiro atoms. The van der Waals surface area contributed by atoms with Crippen LogP contribution in [-0.4, -0.2) is 18.3 Å². The van der Waals surface area contributed by atoms with E-state index in [2.05, 4.69) is 0 Å². The molecule has 112 valence electrons. The summed E-state index contributed by atoms with van der Waals surface area (Å²) in [5.74, 6) is -0.297. The summed E-state index contributed by atoms with van der Waals surface area (Å²) in [5, 5.41) is 9.31. The quantitative estimate of drug-likeness (QED) is 0.859. The number of aliphatic hydroxyl groups is 1. The second kappa shape index (κ2) is 7.20. The molecule has 4 heteroatoms. The van der Waals surface area contributed by atoms with Crippen LogP contribution in [0.5, 0.6) is 0 Å². The van der Waals surface area contributed by atoms with Crippen molar-refractivity contribution in [3.05, 3.63) is 65.5 Å². The SMILES string of the molecule is CC(N)c1cc(F)ccc1N(CCO)Cc1ccccc1. The van der Waals surface area contributed by atoms with Crippen LogP contribution in [-0.2, 0) is 6.54 Å². The lowest BCUT2D eigenvalue weighted by atomic mass is 10.0. The Bertz CT molecular complexity index is 572. The van der Waals surface area contributed by atoms with Crippen LogP contribution >= 0.6 is 0 Å². The maximum atomic E-state index is 13.5. The molecule has 0 aliphatic carbocycles. The summed E-state index contributed by atoms with van der Waals surface area (Å²) in [6.07, 6.45) is 0. The van der Waals surface area contributed by atoms with Crippen molar-refractivity contribution >= 4 is 5.69 Å². The highest BCUT2D eigenvalue weighted by Crippen LogP contribution is 2.27.